The molecule has 2 heteroatoms. The molecule has 1 aliphatic carbocycles. The van der Waals surface area contributed by atoms with Crippen molar-refractivity contribution < 1.29 is 0 Å². The van der Waals surface area contributed by atoms with Crippen molar-refractivity contribution in [1.29, 1.82) is 0 Å². The van der Waals surface area contributed by atoms with Crippen LogP contribution in [0.4, 0.5) is 0 Å². The van der Waals surface area contributed by atoms with E-state index in [1.165, 1.54) is 12.8 Å². The maximum Gasteiger partial charge on any atom is 0.00824 e. The predicted molar refractivity (Wildman–Crippen MR) is 48.4 cm³/mol. The molecule has 1 aliphatic rings. The second-order valence-electron chi connectivity index (χ2n) is 3.30. The summed E-state index contributed by atoms with van der Waals surface area (Å²) in [6.45, 7) is 4.73. The highest BCUT2D eigenvalue weighted by molar-refractivity contribution is 4.83. The van der Waals surface area contributed by atoms with Crippen LogP contribution < -0.4 is 11.1 Å². The normalized spacial score (nSPS) is 30.6. The Morgan fingerprint density at radius 2 is 2.36 bits per heavy atom. The fourth-order valence-electron chi connectivity index (χ4n) is 1.59. The van der Waals surface area contributed by atoms with Crippen molar-refractivity contribution in [2.75, 3.05) is 6.54 Å². The van der Waals surface area contributed by atoms with Crippen LogP contribution in [-0.2, 0) is 0 Å². The Bertz CT molecular complexity index is 123. The van der Waals surface area contributed by atoms with Crippen LogP contribution >= 0.6 is 0 Å². The van der Waals surface area contributed by atoms with Gasteiger partial charge in [-0.25, -0.2) is 0 Å². The Labute approximate surface area is 68.9 Å². The Balaban J connectivity index is 2.03. The van der Waals surface area contributed by atoms with E-state index in [0.29, 0.717) is 12.1 Å². The van der Waals surface area contributed by atoms with Crippen molar-refractivity contribution in [3.63, 3.8) is 0 Å². The predicted octanol–water partition coefficient (Wildman–Crippen LogP) is 1.03. The third-order valence-corrected chi connectivity index (χ3v) is 2.25. The van der Waals surface area contributed by atoms with E-state index in [9.17, 15) is 0 Å². The van der Waals surface area contributed by atoms with E-state index in [2.05, 4.69) is 11.9 Å². The molecule has 3 N–H and O–H groups in total. The van der Waals surface area contributed by atoms with E-state index in [-0.39, 0.29) is 0 Å². The summed E-state index contributed by atoms with van der Waals surface area (Å²) in [4.78, 5) is 0. The van der Waals surface area contributed by atoms with E-state index >= 15 is 0 Å². The minimum absolute atomic E-state index is 0.441. The van der Waals surface area contributed by atoms with Gasteiger partial charge in [-0.05, 0) is 32.2 Å². The first-order valence-corrected chi connectivity index (χ1v) is 4.43. The van der Waals surface area contributed by atoms with Crippen molar-refractivity contribution >= 4 is 0 Å². The highest BCUT2D eigenvalue weighted by Gasteiger charge is 2.20. The Kier molecular flexibility index (Phi) is 3.60. The van der Waals surface area contributed by atoms with E-state index in [4.69, 9.17) is 5.73 Å². The second kappa shape index (κ2) is 4.52. The quantitative estimate of drug-likeness (QED) is 0.469. The zero-order valence-electron chi connectivity index (χ0n) is 7.05. The van der Waals surface area contributed by atoms with E-state index in [1.807, 2.05) is 6.08 Å². The van der Waals surface area contributed by atoms with Crippen LogP contribution in [0.3, 0.4) is 0 Å². The lowest BCUT2D eigenvalue weighted by atomic mass is 10.2. The standard InChI is InChI=1S/C9H18N2/c1-2-3-6-11-9-5-4-8(10)7-9/h2,8-9,11H,1,3-7,10H2. The summed E-state index contributed by atoms with van der Waals surface area (Å²) in [6.07, 6.45) is 6.59. The van der Waals surface area contributed by atoms with Gasteiger partial charge in [-0.1, -0.05) is 6.08 Å². The zero-order valence-corrected chi connectivity index (χ0v) is 7.05. The van der Waals surface area contributed by atoms with Gasteiger partial charge in [0.15, 0.2) is 0 Å². The molecule has 1 fully saturated rings. The van der Waals surface area contributed by atoms with Crippen molar-refractivity contribution in [2.45, 2.75) is 37.8 Å². The van der Waals surface area contributed by atoms with Crippen molar-refractivity contribution in [3.05, 3.63) is 12.7 Å². The SMILES string of the molecule is C=CCCNC1CCC(N)C1. The lowest BCUT2D eigenvalue weighted by molar-refractivity contribution is 0.523. The molecular formula is C9H18N2. The smallest absolute Gasteiger partial charge is 0.00824 e. The molecule has 11 heavy (non-hydrogen) atoms. The maximum atomic E-state index is 5.77. The first kappa shape index (κ1) is 8.75. The van der Waals surface area contributed by atoms with Gasteiger partial charge < -0.3 is 11.1 Å². The lowest BCUT2D eigenvalue weighted by Gasteiger charge is -2.10. The van der Waals surface area contributed by atoms with Gasteiger partial charge in [0.2, 0.25) is 0 Å². The van der Waals surface area contributed by atoms with Crippen LogP contribution in [0.1, 0.15) is 25.7 Å². The molecule has 64 valence electrons. The lowest BCUT2D eigenvalue weighted by Crippen LogP contribution is -2.28. The van der Waals surface area contributed by atoms with Gasteiger partial charge >= 0.3 is 0 Å². The van der Waals surface area contributed by atoms with Gasteiger partial charge in [-0.15, -0.1) is 6.58 Å². The van der Waals surface area contributed by atoms with Gasteiger partial charge in [0.05, 0.1) is 0 Å². The first-order chi connectivity index (χ1) is 5.33. The van der Waals surface area contributed by atoms with Crippen LogP contribution in [0.15, 0.2) is 12.7 Å². The van der Waals surface area contributed by atoms with Crippen LogP contribution in [-0.4, -0.2) is 18.6 Å². The summed E-state index contributed by atoms with van der Waals surface area (Å²) in [6, 6.07) is 1.11. The van der Waals surface area contributed by atoms with E-state index in [0.717, 1.165) is 19.4 Å². The third kappa shape index (κ3) is 3.04. The molecule has 0 aromatic carbocycles. The highest BCUT2D eigenvalue weighted by Crippen LogP contribution is 2.16. The van der Waals surface area contributed by atoms with Gasteiger partial charge in [-0.2, -0.15) is 0 Å². The average molecular weight is 154 g/mol. The number of nitrogens with one attached hydrogen (secondary N) is 1. The van der Waals surface area contributed by atoms with Gasteiger partial charge in [0, 0.05) is 12.1 Å². The van der Waals surface area contributed by atoms with Crippen molar-refractivity contribution in [3.8, 4) is 0 Å². The Morgan fingerprint density at radius 1 is 1.55 bits per heavy atom. The number of hydrogen-bond donors (Lipinski definition) is 2. The fraction of sp³-hybridized carbons (Fsp3) is 0.778. The molecule has 0 aromatic heterocycles. The molecule has 2 nitrogen and oxygen atoms in total. The molecule has 0 saturated heterocycles. The monoisotopic (exact) mass is 154 g/mol. The molecule has 0 amide bonds. The minimum Gasteiger partial charge on any atom is -0.328 e. The summed E-state index contributed by atoms with van der Waals surface area (Å²) >= 11 is 0. The topological polar surface area (TPSA) is 38.0 Å². The Hall–Kier alpha value is -0.340. The largest absolute Gasteiger partial charge is 0.328 e. The van der Waals surface area contributed by atoms with Crippen LogP contribution in [0, 0.1) is 0 Å². The van der Waals surface area contributed by atoms with Crippen LogP contribution in [0.2, 0.25) is 0 Å². The van der Waals surface area contributed by atoms with Crippen LogP contribution in [0.25, 0.3) is 0 Å². The summed E-state index contributed by atoms with van der Waals surface area (Å²) in [5, 5.41) is 3.46. The Morgan fingerprint density at radius 3 is 2.91 bits per heavy atom. The number of nitrogens with two attached hydrogens (primary N) is 1. The van der Waals surface area contributed by atoms with Gasteiger partial charge in [0.1, 0.15) is 0 Å². The minimum atomic E-state index is 0.441. The molecule has 1 rings (SSSR count). The molecule has 0 spiro atoms. The fourth-order valence-corrected chi connectivity index (χ4v) is 1.59. The highest BCUT2D eigenvalue weighted by atomic mass is 14.9. The second-order valence-corrected chi connectivity index (χ2v) is 3.30. The molecule has 0 radical (unpaired) electrons. The van der Waals surface area contributed by atoms with E-state index in [1.54, 1.807) is 0 Å². The first-order valence-electron chi connectivity index (χ1n) is 4.43. The number of hydrogen-bond acceptors (Lipinski definition) is 2. The van der Waals surface area contributed by atoms with E-state index < -0.39 is 0 Å². The van der Waals surface area contributed by atoms with Crippen molar-refractivity contribution in [2.24, 2.45) is 5.73 Å². The van der Waals surface area contributed by atoms with Gasteiger partial charge in [-0.3, -0.25) is 0 Å². The summed E-state index contributed by atoms with van der Waals surface area (Å²) in [7, 11) is 0. The molecule has 0 heterocycles. The molecule has 2 atom stereocenters. The third-order valence-electron chi connectivity index (χ3n) is 2.25. The van der Waals surface area contributed by atoms with Crippen molar-refractivity contribution in [1.82, 2.24) is 5.32 Å². The number of rotatable bonds is 4. The maximum absolute atomic E-state index is 5.77. The molecule has 0 aromatic rings. The molecule has 1 saturated carbocycles. The molecule has 0 bridgehead atoms. The van der Waals surface area contributed by atoms with Gasteiger partial charge in [0.25, 0.3) is 0 Å². The molecule has 0 aliphatic heterocycles. The molecular weight excluding hydrogens is 136 g/mol. The summed E-state index contributed by atoms with van der Waals surface area (Å²) in [5.41, 5.74) is 5.77. The van der Waals surface area contributed by atoms with Crippen LogP contribution in [0.5, 0.6) is 0 Å². The summed E-state index contributed by atoms with van der Waals surface area (Å²) in [5.74, 6) is 0. The zero-order chi connectivity index (χ0) is 8.10. The average Bonchev–Trinajstić information content (AvgIpc) is 2.37. The summed E-state index contributed by atoms with van der Waals surface area (Å²) < 4.78 is 0. The molecule has 2 unspecified atom stereocenters.